The molecule has 1 heterocycles. The van der Waals surface area contributed by atoms with E-state index in [1.54, 1.807) is 24.3 Å². The summed E-state index contributed by atoms with van der Waals surface area (Å²) in [5, 5.41) is 3.94. The number of aromatic nitrogens is 2. The molecule has 19 heavy (non-hydrogen) atoms. The summed E-state index contributed by atoms with van der Waals surface area (Å²) < 4.78 is 29.0. The fraction of sp³-hybridized carbons (Fsp3) is 0.182. The number of halogens is 1. The van der Waals surface area contributed by atoms with Crippen LogP contribution in [0.4, 0.5) is 5.69 Å². The number of anilines is 1. The second kappa shape index (κ2) is 5.72. The number of hydrogen-bond acceptors (Lipinski definition) is 4. The van der Waals surface area contributed by atoms with Crippen LogP contribution >= 0.6 is 15.9 Å². The topological polar surface area (TPSA) is 90.0 Å². The van der Waals surface area contributed by atoms with Crippen molar-refractivity contribution in [1.82, 2.24) is 9.78 Å². The van der Waals surface area contributed by atoms with Crippen LogP contribution in [-0.2, 0) is 16.6 Å². The van der Waals surface area contributed by atoms with E-state index in [9.17, 15) is 8.42 Å². The largest absolute Gasteiger partial charge is 0.329 e. The van der Waals surface area contributed by atoms with E-state index in [-0.39, 0.29) is 4.90 Å². The van der Waals surface area contributed by atoms with Gasteiger partial charge >= 0.3 is 0 Å². The highest BCUT2D eigenvalue weighted by molar-refractivity contribution is 9.10. The van der Waals surface area contributed by atoms with Gasteiger partial charge in [-0.05, 0) is 28.1 Å². The van der Waals surface area contributed by atoms with E-state index < -0.39 is 10.0 Å². The van der Waals surface area contributed by atoms with E-state index in [1.807, 2.05) is 0 Å². The molecule has 0 radical (unpaired) electrons. The second-order valence-corrected chi connectivity index (χ2v) is 6.35. The number of nitrogens with zero attached hydrogens (tertiary/aromatic N) is 2. The highest BCUT2D eigenvalue weighted by Crippen LogP contribution is 2.24. The van der Waals surface area contributed by atoms with Crippen LogP contribution in [0.3, 0.4) is 0 Å². The van der Waals surface area contributed by atoms with E-state index in [1.165, 1.54) is 17.1 Å². The summed E-state index contributed by atoms with van der Waals surface area (Å²) >= 11 is 3.29. The van der Waals surface area contributed by atoms with Crippen molar-refractivity contribution in [3.63, 3.8) is 0 Å². The minimum atomic E-state index is -3.64. The van der Waals surface area contributed by atoms with Crippen LogP contribution in [0.5, 0.6) is 0 Å². The van der Waals surface area contributed by atoms with Gasteiger partial charge in [-0.3, -0.25) is 9.40 Å². The number of benzene rings is 1. The minimum absolute atomic E-state index is 0.108. The van der Waals surface area contributed by atoms with Crippen molar-refractivity contribution in [1.29, 1.82) is 0 Å². The van der Waals surface area contributed by atoms with Gasteiger partial charge in [0, 0.05) is 17.2 Å². The Bertz CT molecular complexity index is 669. The summed E-state index contributed by atoms with van der Waals surface area (Å²) in [6.45, 7) is 0.878. The zero-order valence-electron chi connectivity index (χ0n) is 9.95. The second-order valence-electron chi connectivity index (χ2n) is 3.81. The highest BCUT2D eigenvalue weighted by atomic mass is 79.9. The third kappa shape index (κ3) is 3.34. The molecule has 0 bridgehead atoms. The molecule has 0 amide bonds. The van der Waals surface area contributed by atoms with Crippen molar-refractivity contribution in [2.24, 2.45) is 5.73 Å². The predicted molar refractivity (Wildman–Crippen MR) is 76.2 cm³/mol. The van der Waals surface area contributed by atoms with Crippen molar-refractivity contribution in [2.75, 3.05) is 11.3 Å². The van der Waals surface area contributed by atoms with Crippen LogP contribution in [0.25, 0.3) is 0 Å². The van der Waals surface area contributed by atoms with Crippen molar-refractivity contribution < 1.29 is 8.42 Å². The molecule has 0 fully saturated rings. The number of hydrogen-bond donors (Lipinski definition) is 2. The van der Waals surface area contributed by atoms with Gasteiger partial charge in [0.15, 0.2) is 0 Å². The van der Waals surface area contributed by atoms with Crippen LogP contribution in [0.15, 0.2) is 46.0 Å². The molecule has 1 aromatic carbocycles. The Morgan fingerprint density at radius 2 is 2.11 bits per heavy atom. The Hall–Kier alpha value is -1.38. The zero-order valence-corrected chi connectivity index (χ0v) is 12.4. The van der Waals surface area contributed by atoms with E-state index in [0.29, 0.717) is 23.2 Å². The van der Waals surface area contributed by atoms with E-state index in [4.69, 9.17) is 5.73 Å². The molecular formula is C11H13BrN4O2S. The fourth-order valence-electron chi connectivity index (χ4n) is 1.49. The lowest BCUT2D eigenvalue weighted by Crippen LogP contribution is -2.13. The van der Waals surface area contributed by atoms with Crippen molar-refractivity contribution in [2.45, 2.75) is 11.4 Å². The van der Waals surface area contributed by atoms with Crippen LogP contribution < -0.4 is 10.5 Å². The molecule has 8 heteroatoms. The first-order valence-corrected chi connectivity index (χ1v) is 7.80. The molecular weight excluding hydrogens is 332 g/mol. The Morgan fingerprint density at radius 1 is 1.37 bits per heavy atom. The molecule has 102 valence electrons. The summed E-state index contributed by atoms with van der Waals surface area (Å²) in [4.78, 5) is 0.108. The first-order valence-electron chi connectivity index (χ1n) is 5.53. The lowest BCUT2D eigenvalue weighted by Gasteiger charge is -2.07. The third-order valence-corrected chi connectivity index (χ3v) is 4.41. The lowest BCUT2D eigenvalue weighted by atomic mass is 10.3. The number of rotatable bonds is 5. The van der Waals surface area contributed by atoms with Gasteiger partial charge in [-0.1, -0.05) is 12.1 Å². The normalized spacial score (nSPS) is 11.5. The Balaban J connectivity index is 2.25. The molecule has 0 saturated carbocycles. The SMILES string of the molecule is NCCn1cc(S(=O)(=O)Nc2ccccc2Br)cn1. The van der Waals surface area contributed by atoms with Crippen LogP contribution in [0, 0.1) is 0 Å². The standard InChI is InChI=1S/C11H13BrN4O2S/c12-10-3-1-2-4-11(10)15-19(17,18)9-7-14-16(8-9)6-5-13/h1-4,7-8,15H,5-6,13H2. The zero-order chi connectivity index (χ0) is 13.9. The van der Waals surface area contributed by atoms with Crippen molar-refractivity contribution in [3.8, 4) is 0 Å². The molecule has 0 spiro atoms. The number of nitrogens with one attached hydrogen (secondary N) is 1. The maximum Gasteiger partial charge on any atom is 0.265 e. The molecule has 0 saturated heterocycles. The average molecular weight is 345 g/mol. The number of sulfonamides is 1. The highest BCUT2D eigenvalue weighted by Gasteiger charge is 2.17. The summed E-state index contributed by atoms with van der Waals surface area (Å²) in [5.41, 5.74) is 5.87. The summed E-state index contributed by atoms with van der Waals surface area (Å²) in [5.74, 6) is 0. The van der Waals surface area contributed by atoms with Crippen molar-refractivity contribution >= 4 is 31.6 Å². The van der Waals surface area contributed by atoms with E-state index in [2.05, 4.69) is 25.8 Å². The molecule has 2 aromatic rings. The van der Waals surface area contributed by atoms with Gasteiger partial charge in [0.1, 0.15) is 4.90 Å². The van der Waals surface area contributed by atoms with Gasteiger partial charge in [0.25, 0.3) is 10.0 Å². The molecule has 0 aliphatic rings. The first-order chi connectivity index (χ1) is 9.03. The van der Waals surface area contributed by atoms with Gasteiger partial charge < -0.3 is 5.73 Å². The molecule has 0 atom stereocenters. The average Bonchev–Trinajstić information content (AvgIpc) is 2.82. The van der Waals surface area contributed by atoms with Gasteiger partial charge in [0.2, 0.25) is 0 Å². The van der Waals surface area contributed by atoms with Gasteiger partial charge in [-0.15, -0.1) is 0 Å². The maximum absolute atomic E-state index is 12.2. The Morgan fingerprint density at radius 3 is 2.79 bits per heavy atom. The van der Waals surface area contributed by atoms with Crippen LogP contribution in [-0.4, -0.2) is 24.7 Å². The van der Waals surface area contributed by atoms with E-state index in [0.717, 1.165) is 0 Å². The maximum atomic E-state index is 12.2. The predicted octanol–water partition coefficient (Wildman–Crippen LogP) is 1.41. The van der Waals surface area contributed by atoms with Gasteiger partial charge in [0.05, 0.1) is 18.4 Å². The number of para-hydroxylation sites is 1. The van der Waals surface area contributed by atoms with Gasteiger partial charge in [-0.25, -0.2) is 8.42 Å². The van der Waals surface area contributed by atoms with Gasteiger partial charge in [-0.2, -0.15) is 5.10 Å². The van der Waals surface area contributed by atoms with Crippen LogP contribution in [0.2, 0.25) is 0 Å². The third-order valence-electron chi connectivity index (χ3n) is 2.40. The Labute approximate surface area is 119 Å². The molecule has 6 nitrogen and oxygen atoms in total. The summed E-state index contributed by atoms with van der Waals surface area (Å²) in [6.07, 6.45) is 2.75. The van der Waals surface area contributed by atoms with Crippen LogP contribution in [0.1, 0.15) is 0 Å². The lowest BCUT2D eigenvalue weighted by molar-refractivity contribution is 0.599. The molecule has 2 rings (SSSR count). The summed E-state index contributed by atoms with van der Waals surface area (Å²) in [7, 11) is -3.64. The minimum Gasteiger partial charge on any atom is -0.329 e. The quantitative estimate of drug-likeness (QED) is 0.857. The molecule has 3 N–H and O–H groups in total. The van der Waals surface area contributed by atoms with E-state index >= 15 is 0 Å². The molecule has 0 aliphatic carbocycles. The monoisotopic (exact) mass is 344 g/mol. The molecule has 0 unspecified atom stereocenters. The van der Waals surface area contributed by atoms with Crippen molar-refractivity contribution in [3.05, 3.63) is 41.1 Å². The Kier molecular flexibility index (Phi) is 4.23. The fourth-order valence-corrected chi connectivity index (χ4v) is 3.03. The first kappa shape index (κ1) is 14.0. The smallest absolute Gasteiger partial charge is 0.265 e. The molecule has 0 aliphatic heterocycles. The number of nitrogens with two attached hydrogens (primary N) is 1. The summed E-state index contributed by atoms with van der Waals surface area (Å²) in [6, 6.07) is 6.99. The molecule has 1 aromatic heterocycles.